The monoisotopic (exact) mass is 857 g/mol. The number of aromatic nitrogens is 3. The van der Waals surface area contributed by atoms with Crippen LogP contribution in [0.3, 0.4) is 0 Å². The number of hydrogen-bond acceptors (Lipinski definition) is 3. The summed E-state index contributed by atoms with van der Waals surface area (Å²) in [5, 5.41) is 7.41. The van der Waals surface area contributed by atoms with E-state index in [4.69, 9.17) is 9.97 Å². The van der Waals surface area contributed by atoms with Gasteiger partial charge in [-0.25, -0.2) is 9.97 Å². The summed E-state index contributed by atoms with van der Waals surface area (Å²) >= 11 is 1.88. The summed E-state index contributed by atoms with van der Waals surface area (Å²) < 4.78 is 4.88. The van der Waals surface area contributed by atoms with Crippen LogP contribution in [0.1, 0.15) is 0 Å². The number of thiophene rings is 1. The lowest BCUT2D eigenvalue weighted by Gasteiger charge is -2.13. The van der Waals surface area contributed by atoms with Gasteiger partial charge in [0.2, 0.25) is 5.95 Å². The molecule has 0 saturated carbocycles. The van der Waals surface area contributed by atoms with E-state index in [-0.39, 0.29) is 0 Å². The maximum absolute atomic E-state index is 5.39. The summed E-state index contributed by atoms with van der Waals surface area (Å²) in [5.74, 6) is 0.630. The fraction of sp³-hybridized carbons (Fsp3) is 0. The third-order valence-corrected chi connectivity index (χ3v) is 14.3. The van der Waals surface area contributed by atoms with Gasteiger partial charge < -0.3 is 0 Å². The first-order chi connectivity index (χ1) is 32.7. The van der Waals surface area contributed by atoms with Crippen LogP contribution in [0, 0.1) is 0 Å². The van der Waals surface area contributed by atoms with E-state index in [0.717, 1.165) is 44.3 Å². The molecule has 308 valence electrons. The second-order valence-corrected chi connectivity index (χ2v) is 17.9. The molecule has 3 heterocycles. The summed E-state index contributed by atoms with van der Waals surface area (Å²) in [4.78, 5) is 10.8. The summed E-state index contributed by atoms with van der Waals surface area (Å²) in [6, 6.07) is 85.1. The molecule has 0 radical (unpaired) electrons. The Hall–Kier alpha value is -8.44. The third-order valence-electron chi connectivity index (χ3n) is 13.1. The molecular weight excluding hydrogens is 819 g/mol. The fourth-order valence-corrected chi connectivity index (χ4v) is 11.1. The number of nitrogens with zero attached hydrogens (tertiary/aromatic N) is 3. The normalized spacial score (nSPS) is 11.6. The van der Waals surface area contributed by atoms with Gasteiger partial charge in [-0.1, -0.05) is 206 Å². The zero-order valence-electron chi connectivity index (χ0n) is 35.8. The first-order valence-electron chi connectivity index (χ1n) is 22.4. The molecule has 0 spiro atoms. The lowest BCUT2D eigenvalue weighted by molar-refractivity contribution is 0.996. The lowest BCUT2D eigenvalue weighted by atomic mass is 9.92. The van der Waals surface area contributed by atoms with E-state index in [1.54, 1.807) is 0 Å². The van der Waals surface area contributed by atoms with Crippen LogP contribution in [-0.2, 0) is 0 Å². The summed E-state index contributed by atoms with van der Waals surface area (Å²) in [6.07, 6.45) is 0. The molecule has 0 unspecified atom stereocenters. The van der Waals surface area contributed by atoms with Crippen LogP contribution in [0.25, 0.3) is 126 Å². The molecular formula is C62H39N3S. The minimum atomic E-state index is 0.630. The standard InChI is InChI=1S/C62H39N3S/c1-3-14-40(15-4-1)42-28-32-44(33-29-42)56-39-57(45-34-30-43(31-35-45)41-16-5-2-6-17-41)64-62(63-56)65-58-26-9-7-18-51(58)55-38-46(36-37-59(55)65)47-20-11-22-49-48(47)21-12-23-50(49)53-24-13-25-54-52-19-8-10-27-60(52)66-61(53)54/h1-39H. The van der Waals surface area contributed by atoms with Crippen molar-refractivity contribution in [1.29, 1.82) is 0 Å². The highest BCUT2D eigenvalue weighted by molar-refractivity contribution is 7.26. The highest BCUT2D eigenvalue weighted by Crippen LogP contribution is 2.44. The van der Waals surface area contributed by atoms with Gasteiger partial charge in [0.05, 0.1) is 22.4 Å². The van der Waals surface area contributed by atoms with Crippen LogP contribution in [0.5, 0.6) is 0 Å². The first-order valence-corrected chi connectivity index (χ1v) is 23.2. The van der Waals surface area contributed by atoms with Crippen LogP contribution in [0.4, 0.5) is 0 Å². The zero-order valence-corrected chi connectivity index (χ0v) is 36.6. The van der Waals surface area contributed by atoms with Gasteiger partial charge in [-0.15, -0.1) is 11.3 Å². The van der Waals surface area contributed by atoms with Crippen LogP contribution in [0.15, 0.2) is 237 Å². The van der Waals surface area contributed by atoms with Crippen molar-refractivity contribution in [2.45, 2.75) is 0 Å². The van der Waals surface area contributed by atoms with Gasteiger partial charge in [-0.3, -0.25) is 4.57 Å². The Bertz CT molecular complexity index is 3860. The second-order valence-electron chi connectivity index (χ2n) is 16.9. The van der Waals surface area contributed by atoms with Crippen molar-refractivity contribution in [3.05, 3.63) is 237 Å². The van der Waals surface area contributed by atoms with E-state index >= 15 is 0 Å². The van der Waals surface area contributed by atoms with Gasteiger partial charge in [0, 0.05) is 47.6 Å². The maximum Gasteiger partial charge on any atom is 0.235 e. The molecule has 3 nitrogen and oxygen atoms in total. The molecule has 0 aliphatic carbocycles. The summed E-state index contributed by atoms with van der Waals surface area (Å²) in [7, 11) is 0. The SMILES string of the molecule is c1ccc(-c2ccc(-c3cc(-c4ccc(-c5ccccc5)cc4)nc(-n4c5ccccc5c5cc(-c6cccc7c(-c8cccc9c8sc8ccccc89)cccc67)ccc54)n3)cc2)cc1. The zero-order chi connectivity index (χ0) is 43.6. The molecule has 0 aliphatic rings. The molecule has 0 bridgehead atoms. The van der Waals surface area contributed by atoms with Gasteiger partial charge in [0.15, 0.2) is 0 Å². The van der Waals surface area contributed by atoms with E-state index in [0.29, 0.717) is 5.95 Å². The molecule has 0 saturated heterocycles. The van der Waals surface area contributed by atoms with Gasteiger partial charge in [-0.2, -0.15) is 0 Å². The Morgan fingerprint density at radius 1 is 0.288 bits per heavy atom. The van der Waals surface area contributed by atoms with Crippen molar-refractivity contribution in [2.24, 2.45) is 0 Å². The predicted octanol–water partition coefficient (Wildman–Crippen LogP) is 17.1. The Kier molecular flexibility index (Phi) is 9.03. The number of para-hydroxylation sites is 1. The molecule has 13 aromatic rings. The van der Waals surface area contributed by atoms with Gasteiger partial charge >= 0.3 is 0 Å². The average molecular weight is 858 g/mol. The molecule has 0 amide bonds. The minimum absolute atomic E-state index is 0.630. The highest BCUT2D eigenvalue weighted by Gasteiger charge is 2.19. The van der Waals surface area contributed by atoms with Crippen LogP contribution >= 0.6 is 11.3 Å². The van der Waals surface area contributed by atoms with Crippen molar-refractivity contribution in [2.75, 3.05) is 0 Å². The van der Waals surface area contributed by atoms with Crippen molar-refractivity contribution in [3.8, 4) is 73.0 Å². The Labute approximate surface area is 386 Å². The largest absolute Gasteiger partial charge is 0.278 e. The second kappa shape index (κ2) is 15.7. The number of benzene rings is 10. The molecule has 3 aromatic heterocycles. The van der Waals surface area contributed by atoms with E-state index in [1.807, 2.05) is 11.3 Å². The minimum Gasteiger partial charge on any atom is -0.278 e. The van der Waals surface area contributed by atoms with Crippen LogP contribution in [-0.4, -0.2) is 14.5 Å². The van der Waals surface area contributed by atoms with E-state index in [9.17, 15) is 0 Å². The van der Waals surface area contributed by atoms with Gasteiger partial charge in [-0.05, 0) is 80.0 Å². The fourth-order valence-electron chi connectivity index (χ4n) is 9.87. The van der Waals surface area contributed by atoms with Gasteiger partial charge in [0.1, 0.15) is 0 Å². The van der Waals surface area contributed by atoms with Crippen LogP contribution < -0.4 is 0 Å². The Balaban J connectivity index is 0.960. The molecule has 0 N–H and O–H groups in total. The molecule has 66 heavy (non-hydrogen) atoms. The molecule has 13 rings (SSSR count). The smallest absolute Gasteiger partial charge is 0.235 e. The van der Waals surface area contributed by atoms with E-state index in [2.05, 4.69) is 241 Å². The Morgan fingerprint density at radius 3 is 1.42 bits per heavy atom. The van der Waals surface area contributed by atoms with Crippen molar-refractivity contribution in [3.63, 3.8) is 0 Å². The highest BCUT2D eigenvalue weighted by atomic mass is 32.1. The van der Waals surface area contributed by atoms with Gasteiger partial charge in [0.25, 0.3) is 0 Å². The van der Waals surface area contributed by atoms with Crippen molar-refractivity contribution >= 4 is 64.1 Å². The van der Waals surface area contributed by atoms with Crippen molar-refractivity contribution < 1.29 is 0 Å². The third kappa shape index (κ3) is 6.42. The van der Waals surface area contributed by atoms with E-state index < -0.39 is 0 Å². The average Bonchev–Trinajstić information content (AvgIpc) is 3.95. The van der Waals surface area contributed by atoms with Crippen LogP contribution in [0.2, 0.25) is 0 Å². The maximum atomic E-state index is 5.39. The topological polar surface area (TPSA) is 30.7 Å². The molecule has 0 atom stereocenters. The molecule has 10 aromatic carbocycles. The number of hydrogen-bond donors (Lipinski definition) is 0. The van der Waals surface area contributed by atoms with E-state index in [1.165, 1.54) is 75.5 Å². The summed E-state index contributed by atoms with van der Waals surface area (Å²) in [6.45, 7) is 0. The number of rotatable bonds is 7. The summed E-state index contributed by atoms with van der Waals surface area (Å²) in [5.41, 5.74) is 15.5. The van der Waals surface area contributed by atoms with Crippen molar-refractivity contribution in [1.82, 2.24) is 14.5 Å². The molecule has 0 aliphatic heterocycles. The number of fused-ring (bicyclic) bond motifs is 7. The molecule has 0 fully saturated rings. The quantitative estimate of drug-likeness (QED) is 0.160. The predicted molar refractivity (Wildman–Crippen MR) is 279 cm³/mol. The lowest BCUT2D eigenvalue weighted by Crippen LogP contribution is -2.04. The Morgan fingerprint density at radius 2 is 0.758 bits per heavy atom. The molecule has 4 heteroatoms. The first kappa shape index (κ1) is 38.1.